The molecule has 1 aromatic rings. The maximum absolute atomic E-state index is 12.7. The SMILES string of the molecule is NCCC1CCCCN1S(=O)(=O)c1cc(Cl)c(Br)s1. The Morgan fingerprint density at radius 3 is 2.84 bits per heavy atom. The van der Waals surface area contributed by atoms with E-state index in [0.717, 1.165) is 30.6 Å². The Bertz CT molecular complexity index is 525. The van der Waals surface area contributed by atoms with Gasteiger partial charge in [0.1, 0.15) is 4.21 Å². The zero-order valence-electron chi connectivity index (χ0n) is 10.3. The first-order valence-corrected chi connectivity index (χ1v) is 9.56. The molecule has 1 aliphatic rings. The molecule has 1 fully saturated rings. The van der Waals surface area contributed by atoms with Gasteiger partial charge in [0.2, 0.25) is 0 Å². The van der Waals surface area contributed by atoms with Crippen LogP contribution >= 0.6 is 38.9 Å². The van der Waals surface area contributed by atoms with Crippen molar-refractivity contribution < 1.29 is 8.42 Å². The molecule has 1 atom stereocenters. The van der Waals surface area contributed by atoms with Crippen LogP contribution in [0.5, 0.6) is 0 Å². The van der Waals surface area contributed by atoms with E-state index in [1.807, 2.05) is 0 Å². The monoisotopic (exact) mass is 386 g/mol. The van der Waals surface area contributed by atoms with Crippen LogP contribution in [0.3, 0.4) is 0 Å². The highest BCUT2D eigenvalue weighted by Gasteiger charge is 2.34. The van der Waals surface area contributed by atoms with E-state index in [1.54, 1.807) is 4.31 Å². The van der Waals surface area contributed by atoms with E-state index in [4.69, 9.17) is 17.3 Å². The number of piperidine rings is 1. The minimum Gasteiger partial charge on any atom is -0.330 e. The van der Waals surface area contributed by atoms with Gasteiger partial charge in [-0.15, -0.1) is 11.3 Å². The fourth-order valence-corrected chi connectivity index (χ4v) is 6.59. The van der Waals surface area contributed by atoms with Crippen LogP contribution in [-0.2, 0) is 10.0 Å². The number of nitrogens with two attached hydrogens (primary N) is 1. The molecule has 8 heteroatoms. The van der Waals surface area contributed by atoms with Crippen LogP contribution in [0.25, 0.3) is 0 Å². The van der Waals surface area contributed by atoms with Crippen LogP contribution in [-0.4, -0.2) is 31.9 Å². The molecule has 1 aliphatic heterocycles. The maximum atomic E-state index is 12.7. The van der Waals surface area contributed by atoms with Gasteiger partial charge < -0.3 is 5.73 Å². The Kier molecular flexibility index (Phi) is 5.30. The minimum atomic E-state index is -3.45. The lowest BCUT2D eigenvalue weighted by Gasteiger charge is -2.34. The molecule has 19 heavy (non-hydrogen) atoms. The Balaban J connectivity index is 2.31. The van der Waals surface area contributed by atoms with E-state index < -0.39 is 10.0 Å². The van der Waals surface area contributed by atoms with Gasteiger partial charge in [0.25, 0.3) is 10.0 Å². The van der Waals surface area contributed by atoms with Crippen LogP contribution in [0.4, 0.5) is 0 Å². The summed E-state index contributed by atoms with van der Waals surface area (Å²) in [5, 5.41) is 0.441. The quantitative estimate of drug-likeness (QED) is 0.863. The fourth-order valence-electron chi connectivity index (χ4n) is 2.34. The van der Waals surface area contributed by atoms with Crippen molar-refractivity contribution in [3.05, 3.63) is 14.9 Å². The second-order valence-electron chi connectivity index (χ2n) is 4.53. The molecule has 0 bridgehead atoms. The summed E-state index contributed by atoms with van der Waals surface area (Å²) in [6.45, 7) is 1.08. The first kappa shape index (κ1) is 15.7. The summed E-state index contributed by atoms with van der Waals surface area (Å²) in [4.78, 5) is 0. The van der Waals surface area contributed by atoms with E-state index in [2.05, 4.69) is 15.9 Å². The number of halogens is 2. The average Bonchev–Trinajstić information content (AvgIpc) is 2.71. The van der Waals surface area contributed by atoms with Crippen molar-refractivity contribution in [2.45, 2.75) is 35.9 Å². The molecule has 1 aromatic heterocycles. The van der Waals surface area contributed by atoms with Gasteiger partial charge in [-0.3, -0.25) is 0 Å². The number of sulfonamides is 1. The van der Waals surface area contributed by atoms with Crippen LogP contribution < -0.4 is 5.73 Å². The summed E-state index contributed by atoms with van der Waals surface area (Å²) in [7, 11) is -3.45. The van der Waals surface area contributed by atoms with Crippen LogP contribution in [0.15, 0.2) is 14.1 Å². The van der Waals surface area contributed by atoms with Gasteiger partial charge in [-0.1, -0.05) is 18.0 Å². The predicted molar refractivity (Wildman–Crippen MR) is 82.2 cm³/mol. The molecule has 0 spiro atoms. The summed E-state index contributed by atoms with van der Waals surface area (Å²) in [6, 6.07) is 1.53. The summed E-state index contributed by atoms with van der Waals surface area (Å²) in [5.74, 6) is 0. The molecule has 2 N–H and O–H groups in total. The Hall–Kier alpha value is 0.340. The Labute approximate surface area is 131 Å². The molecular formula is C11H16BrClN2O2S2. The number of hydrogen-bond acceptors (Lipinski definition) is 4. The van der Waals surface area contributed by atoms with E-state index in [0.29, 0.717) is 32.5 Å². The van der Waals surface area contributed by atoms with Crippen molar-refractivity contribution in [1.82, 2.24) is 4.31 Å². The van der Waals surface area contributed by atoms with Crippen LogP contribution in [0.2, 0.25) is 5.02 Å². The third kappa shape index (κ3) is 3.33. The molecule has 1 saturated heterocycles. The van der Waals surface area contributed by atoms with Gasteiger partial charge in [0.15, 0.2) is 0 Å². The first-order chi connectivity index (χ1) is 8.96. The lowest BCUT2D eigenvalue weighted by molar-refractivity contribution is 0.243. The normalized spacial score (nSPS) is 21.7. The Morgan fingerprint density at radius 2 is 2.26 bits per heavy atom. The molecule has 0 radical (unpaired) electrons. The molecule has 1 unspecified atom stereocenters. The van der Waals surface area contributed by atoms with Crippen molar-refractivity contribution in [3.63, 3.8) is 0 Å². The highest BCUT2D eigenvalue weighted by Crippen LogP contribution is 2.37. The molecule has 0 aromatic carbocycles. The highest BCUT2D eigenvalue weighted by molar-refractivity contribution is 9.11. The number of rotatable bonds is 4. The van der Waals surface area contributed by atoms with Crippen molar-refractivity contribution in [2.75, 3.05) is 13.1 Å². The topological polar surface area (TPSA) is 63.4 Å². The molecule has 0 saturated carbocycles. The minimum absolute atomic E-state index is 0.0170. The van der Waals surface area contributed by atoms with E-state index in [9.17, 15) is 8.42 Å². The zero-order chi connectivity index (χ0) is 14.0. The first-order valence-electron chi connectivity index (χ1n) is 6.13. The van der Waals surface area contributed by atoms with E-state index in [-0.39, 0.29) is 6.04 Å². The average molecular weight is 388 g/mol. The molecule has 2 rings (SSSR count). The van der Waals surface area contributed by atoms with Gasteiger partial charge in [-0.05, 0) is 47.8 Å². The van der Waals surface area contributed by atoms with Gasteiger partial charge in [-0.25, -0.2) is 8.42 Å². The van der Waals surface area contributed by atoms with Gasteiger partial charge in [-0.2, -0.15) is 4.31 Å². The van der Waals surface area contributed by atoms with Crippen molar-refractivity contribution in [1.29, 1.82) is 0 Å². The standard InChI is InChI=1S/C11H16BrClN2O2S2/c12-11-9(13)7-10(18-11)19(16,17)15-6-2-1-3-8(15)4-5-14/h7-8H,1-6,14H2. The number of thiophene rings is 1. The summed E-state index contributed by atoms with van der Waals surface area (Å²) in [5.41, 5.74) is 5.58. The maximum Gasteiger partial charge on any atom is 0.252 e. The van der Waals surface area contributed by atoms with Crippen LogP contribution in [0, 0.1) is 0 Å². The van der Waals surface area contributed by atoms with Gasteiger partial charge in [0.05, 0.1) is 8.81 Å². The second kappa shape index (κ2) is 6.41. The molecule has 2 heterocycles. The summed E-state index contributed by atoms with van der Waals surface area (Å²) in [6.07, 6.45) is 3.56. The second-order valence-corrected chi connectivity index (χ2v) is 9.42. The Morgan fingerprint density at radius 1 is 1.53 bits per heavy atom. The van der Waals surface area contributed by atoms with Crippen molar-refractivity contribution in [3.8, 4) is 0 Å². The molecule has 108 valence electrons. The number of nitrogens with zero attached hydrogens (tertiary/aromatic N) is 1. The largest absolute Gasteiger partial charge is 0.330 e. The third-order valence-corrected chi connectivity index (χ3v) is 8.13. The lowest BCUT2D eigenvalue weighted by atomic mass is 10.0. The lowest BCUT2D eigenvalue weighted by Crippen LogP contribution is -2.44. The summed E-state index contributed by atoms with van der Waals surface area (Å²) >= 11 is 10.4. The molecule has 0 amide bonds. The molecule has 4 nitrogen and oxygen atoms in total. The zero-order valence-corrected chi connectivity index (χ0v) is 14.3. The summed E-state index contributed by atoms with van der Waals surface area (Å²) < 4.78 is 27.9. The van der Waals surface area contributed by atoms with Crippen LogP contribution in [0.1, 0.15) is 25.7 Å². The predicted octanol–water partition coefficient (Wildman–Crippen LogP) is 3.06. The fraction of sp³-hybridized carbons (Fsp3) is 0.636. The van der Waals surface area contributed by atoms with E-state index in [1.165, 1.54) is 6.07 Å². The van der Waals surface area contributed by atoms with Crippen molar-refractivity contribution in [2.24, 2.45) is 5.73 Å². The van der Waals surface area contributed by atoms with Gasteiger partial charge >= 0.3 is 0 Å². The van der Waals surface area contributed by atoms with Gasteiger partial charge in [0, 0.05) is 12.6 Å². The molecule has 0 aliphatic carbocycles. The smallest absolute Gasteiger partial charge is 0.252 e. The highest BCUT2D eigenvalue weighted by atomic mass is 79.9. The van der Waals surface area contributed by atoms with E-state index >= 15 is 0 Å². The third-order valence-electron chi connectivity index (χ3n) is 3.26. The van der Waals surface area contributed by atoms with Crippen molar-refractivity contribution >= 4 is 48.9 Å². The molecular weight excluding hydrogens is 372 g/mol. The number of hydrogen-bond donors (Lipinski definition) is 1.